The second kappa shape index (κ2) is 7.42. The summed E-state index contributed by atoms with van der Waals surface area (Å²) < 4.78 is 40.4. The van der Waals surface area contributed by atoms with Gasteiger partial charge < -0.3 is 14.8 Å². The number of phenols is 1. The fraction of sp³-hybridized carbons (Fsp3) is 0.250. The number of benzene rings is 2. The molecule has 1 aliphatic rings. The highest BCUT2D eigenvalue weighted by molar-refractivity contribution is 7.89. The number of rotatable bonds is 5. The molecule has 1 aliphatic carbocycles. The fourth-order valence-electron chi connectivity index (χ4n) is 4.62. The van der Waals surface area contributed by atoms with Gasteiger partial charge in [-0.25, -0.2) is 12.8 Å². The largest absolute Gasteiger partial charge is 0.505 e. The number of hydrogen-bond acceptors (Lipinski definition) is 6. The van der Waals surface area contributed by atoms with Crippen molar-refractivity contribution in [3.63, 3.8) is 0 Å². The molecule has 0 unspecified atom stereocenters. The Hall–Kier alpha value is -3.66. The Balaban J connectivity index is 1.76. The van der Waals surface area contributed by atoms with Gasteiger partial charge in [-0.3, -0.25) is 14.5 Å². The number of hydrogen-bond donors (Lipinski definition) is 3. The first-order valence-electron chi connectivity index (χ1n) is 10.6. The van der Waals surface area contributed by atoms with Crippen LogP contribution < -0.4 is 4.72 Å². The van der Waals surface area contributed by atoms with Gasteiger partial charge in [-0.2, -0.15) is 0 Å². The van der Waals surface area contributed by atoms with E-state index in [1.165, 1.54) is 16.7 Å². The first-order valence-corrected chi connectivity index (χ1v) is 12.5. The molecule has 0 saturated heterocycles. The van der Waals surface area contributed by atoms with E-state index in [-0.39, 0.29) is 28.3 Å². The maximum absolute atomic E-state index is 13.3. The Morgan fingerprint density at radius 2 is 1.85 bits per heavy atom. The summed E-state index contributed by atoms with van der Waals surface area (Å²) >= 11 is 0. The predicted molar refractivity (Wildman–Crippen MR) is 125 cm³/mol. The van der Waals surface area contributed by atoms with Crippen LogP contribution in [0.5, 0.6) is 11.6 Å². The van der Waals surface area contributed by atoms with E-state index >= 15 is 0 Å². The second-order valence-electron chi connectivity index (χ2n) is 8.90. The molecule has 0 atom stereocenters. The maximum atomic E-state index is 13.3. The van der Waals surface area contributed by atoms with Crippen LogP contribution in [-0.4, -0.2) is 40.3 Å². The van der Waals surface area contributed by atoms with Crippen molar-refractivity contribution in [2.24, 2.45) is 7.05 Å². The van der Waals surface area contributed by atoms with E-state index in [9.17, 15) is 27.8 Å². The fourth-order valence-corrected chi connectivity index (χ4v) is 5.15. The highest BCUT2D eigenvalue weighted by Crippen LogP contribution is 2.55. The van der Waals surface area contributed by atoms with Crippen molar-refractivity contribution in [2.45, 2.75) is 24.7 Å². The van der Waals surface area contributed by atoms with E-state index in [1.807, 2.05) is 0 Å². The van der Waals surface area contributed by atoms with E-state index in [0.717, 1.165) is 17.4 Å². The van der Waals surface area contributed by atoms with Crippen LogP contribution in [0.2, 0.25) is 0 Å². The number of fused-ring (bicyclic) bond motifs is 2. The van der Waals surface area contributed by atoms with Crippen LogP contribution in [0.15, 0.2) is 42.7 Å². The minimum absolute atomic E-state index is 0.155. The van der Waals surface area contributed by atoms with Gasteiger partial charge in [0.2, 0.25) is 21.8 Å². The zero-order valence-electron chi connectivity index (χ0n) is 18.5. The van der Waals surface area contributed by atoms with Crippen LogP contribution >= 0.6 is 0 Å². The molecule has 3 N–H and O–H groups in total. The summed E-state index contributed by atoms with van der Waals surface area (Å²) in [6.45, 7) is 0. The molecule has 1 fully saturated rings. The van der Waals surface area contributed by atoms with Gasteiger partial charge in [0.1, 0.15) is 11.3 Å². The first-order chi connectivity index (χ1) is 16.0. The molecular formula is C24H22FN3O5S. The number of sulfonamides is 1. The number of phenolic OH excluding ortho intramolecular Hbond substituents is 1. The van der Waals surface area contributed by atoms with Crippen LogP contribution in [0.25, 0.3) is 21.7 Å². The Morgan fingerprint density at radius 3 is 2.47 bits per heavy atom. The standard InChI is InChI=1S/C24H22FN3O5S/c1-28-12-17-18(22(28)30)21(29)20-16(19(17)24(7-8-24)23(31)27-34(2,32)33)10-14(11-26-20)9-13-3-5-15(25)6-4-13/h3-6,10-12,29-30H,7-9H2,1-2H3,(H,27,31). The molecule has 0 aliphatic heterocycles. The van der Waals surface area contributed by atoms with Crippen molar-refractivity contribution in [1.29, 1.82) is 0 Å². The Labute approximate surface area is 194 Å². The normalized spacial score (nSPS) is 15.0. The Morgan fingerprint density at radius 1 is 1.18 bits per heavy atom. The van der Waals surface area contributed by atoms with E-state index < -0.39 is 21.3 Å². The van der Waals surface area contributed by atoms with Gasteiger partial charge in [-0.05, 0) is 54.2 Å². The van der Waals surface area contributed by atoms with Crippen molar-refractivity contribution < 1.29 is 27.8 Å². The van der Waals surface area contributed by atoms with Crippen molar-refractivity contribution in [3.8, 4) is 11.6 Å². The maximum Gasteiger partial charge on any atom is 0.244 e. The number of aromatic nitrogens is 2. The monoisotopic (exact) mass is 483 g/mol. The predicted octanol–water partition coefficient (Wildman–Crippen LogP) is 2.98. The highest BCUT2D eigenvalue weighted by atomic mass is 32.2. The molecule has 176 valence electrons. The lowest BCUT2D eigenvalue weighted by Crippen LogP contribution is -2.38. The van der Waals surface area contributed by atoms with Gasteiger partial charge in [-0.1, -0.05) is 12.1 Å². The lowest BCUT2D eigenvalue weighted by Gasteiger charge is -2.20. The minimum Gasteiger partial charge on any atom is -0.505 e. The van der Waals surface area contributed by atoms with Crippen molar-refractivity contribution >= 4 is 37.6 Å². The minimum atomic E-state index is -3.79. The zero-order chi connectivity index (χ0) is 24.4. The summed E-state index contributed by atoms with van der Waals surface area (Å²) in [6, 6.07) is 7.87. The molecule has 0 spiro atoms. The van der Waals surface area contributed by atoms with Gasteiger partial charge in [0.05, 0.1) is 17.1 Å². The van der Waals surface area contributed by atoms with E-state index in [1.54, 1.807) is 37.6 Å². The zero-order valence-corrected chi connectivity index (χ0v) is 19.3. The number of halogens is 1. The van der Waals surface area contributed by atoms with Gasteiger partial charge in [0.15, 0.2) is 5.75 Å². The third-order valence-electron chi connectivity index (χ3n) is 6.36. The molecule has 2 aromatic heterocycles. The van der Waals surface area contributed by atoms with E-state index in [0.29, 0.717) is 35.6 Å². The highest BCUT2D eigenvalue weighted by Gasteiger charge is 2.54. The number of aryl methyl sites for hydroxylation is 1. The second-order valence-corrected chi connectivity index (χ2v) is 10.7. The number of aromatic hydroxyl groups is 2. The van der Waals surface area contributed by atoms with Crippen molar-refractivity contribution in [2.75, 3.05) is 6.26 Å². The molecule has 0 bridgehead atoms. The summed E-state index contributed by atoms with van der Waals surface area (Å²) in [7, 11) is -2.19. The summed E-state index contributed by atoms with van der Waals surface area (Å²) in [5.41, 5.74) is 1.18. The van der Waals surface area contributed by atoms with Gasteiger partial charge in [-0.15, -0.1) is 0 Å². The average molecular weight is 484 g/mol. The molecule has 4 aromatic rings. The molecule has 34 heavy (non-hydrogen) atoms. The summed E-state index contributed by atoms with van der Waals surface area (Å²) in [5, 5.41) is 22.7. The van der Waals surface area contributed by atoms with Gasteiger partial charge >= 0.3 is 0 Å². The summed E-state index contributed by atoms with van der Waals surface area (Å²) in [6.07, 6.45) is 5.35. The molecule has 0 radical (unpaired) electrons. The van der Waals surface area contributed by atoms with Crippen molar-refractivity contribution in [1.82, 2.24) is 14.3 Å². The summed E-state index contributed by atoms with van der Waals surface area (Å²) in [4.78, 5) is 17.6. The first kappa shape index (κ1) is 22.1. The summed E-state index contributed by atoms with van der Waals surface area (Å²) in [5.74, 6) is -1.41. The van der Waals surface area contributed by atoms with E-state index in [2.05, 4.69) is 9.71 Å². The number of carbonyl (C=O) groups excluding carboxylic acids is 1. The quantitative estimate of drug-likeness (QED) is 0.401. The molecule has 2 aromatic carbocycles. The number of pyridine rings is 1. The van der Waals surface area contributed by atoms with Crippen LogP contribution in [0, 0.1) is 5.82 Å². The third kappa shape index (κ3) is 3.54. The molecule has 1 saturated carbocycles. The van der Waals surface area contributed by atoms with Gasteiger partial charge in [0.25, 0.3) is 0 Å². The molecule has 5 rings (SSSR count). The molecular weight excluding hydrogens is 461 g/mol. The molecule has 8 nitrogen and oxygen atoms in total. The Kier molecular flexibility index (Phi) is 4.84. The van der Waals surface area contributed by atoms with Crippen molar-refractivity contribution in [3.05, 3.63) is 65.2 Å². The number of carbonyl (C=O) groups is 1. The molecule has 1 amide bonds. The van der Waals surface area contributed by atoms with Crippen LogP contribution in [0.4, 0.5) is 4.39 Å². The SMILES string of the molecule is Cn1cc2c(C3(C(=O)NS(C)(=O)=O)CC3)c3cc(Cc4ccc(F)cc4)cnc3c(O)c2c1O. The van der Waals surface area contributed by atoms with Crippen LogP contribution in [0.3, 0.4) is 0 Å². The smallest absolute Gasteiger partial charge is 0.244 e. The topological polar surface area (TPSA) is 122 Å². The number of nitrogens with zero attached hydrogens (tertiary/aromatic N) is 2. The number of nitrogens with one attached hydrogen (secondary N) is 1. The lowest BCUT2D eigenvalue weighted by molar-refractivity contribution is -0.121. The molecule has 10 heteroatoms. The lowest BCUT2D eigenvalue weighted by atomic mass is 9.87. The average Bonchev–Trinajstić information content (AvgIpc) is 3.50. The third-order valence-corrected chi connectivity index (χ3v) is 6.91. The van der Waals surface area contributed by atoms with Crippen LogP contribution in [0.1, 0.15) is 29.5 Å². The molecule has 2 heterocycles. The van der Waals surface area contributed by atoms with Crippen LogP contribution in [-0.2, 0) is 33.7 Å². The number of amides is 1. The van der Waals surface area contributed by atoms with Gasteiger partial charge in [0, 0.05) is 30.2 Å². The Bertz CT molecular complexity index is 1590. The van der Waals surface area contributed by atoms with E-state index in [4.69, 9.17) is 0 Å².